The number of hydrogen-bond acceptors (Lipinski definition) is 4. The van der Waals surface area contributed by atoms with Gasteiger partial charge in [-0.25, -0.2) is 0 Å². The SMILES string of the molecule is CC(C)C(=O)Nc1cccc(NCC(=O)NCc2ccco2)c1. The summed E-state index contributed by atoms with van der Waals surface area (Å²) in [5.74, 6) is 0.437. The van der Waals surface area contributed by atoms with E-state index in [1.165, 1.54) is 0 Å². The van der Waals surface area contributed by atoms with E-state index < -0.39 is 0 Å². The van der Waals surface area contributed by atoms with Crippen molar-refractivity contribution >= 4 is 23.2 Å². The fraction of sp³-hybridized carbons (Fsp3) is 0.294. The number of anilines is 2. The molecule has 6 heteroatoms. The van der Waals surface area contributed by atoms with Gasteiger partial charge in [-0.15, -0.1) is 0 Å². The lowest BCUT2D eigenvalue weighted by molar-refractivity contribution is -0.120. The van der Waals surface area contributed by atoms with Crippen LogP contribution in [0.2, 0.25) is 0 Å². The summed E-state index contributed by atoms with van der Waals surface area (Å²) in [7, 11) is 0. The van der Waals surface area contributed by atoms with Crippen molar-refractivity contribution in [1.29, 1.82) is 0 Å². The summed E-state index contributed by atoms with van der Waals surface area (Å²) in [5.41, 5.74) is 1.46. The van der Waals surface area contributed by atoms with Gasteiger partial charge in [0.2, 0.25) is 11.8 Å². The van der Waals surface area contributed by atoms with Gasteiger partial charge in [0.05, 0.1) is 19.4 Å². The highest BCUT2D eigenvalue weighted by Gasteiger charge is 2.07. The summed E-state index contributed by atoms with van der Waals surface area (Å²) < 4.78 is 5.14. The zero-order valence-electron chi connectivity index (χ0n) is 13.3. The highest BCUT2D eigenvalue weighted by atomic mass is 16.3. The topological polar surface area (TPSA) is 83.4 Å². The predicted molar refractivity (Wildman–Crippen MR) is 89.0 cm³/mol. The van der Waals surface area contributed by atoms with Crippen LogP contribution in [0.15, 0.2) is 47.1 Å². The molecule has 6 nitrogen and oxygen atoms in total. The number of hydrogen-bond donors (Lipinski definition) is 3. The standard InChI is InChI=1S/C17H21N3O3/c1-12(2)17(22)20-14-6-3-5-13(9-14)18-11-16(21)19-10-15-7-4-8-23-15/h3-9,12,18H,10-11H2,1-2H3,(H,19,21)(H,20,22). The van der Waals surface area contributed by atoms with Gasteiger partial charge in [0.15, 0.2) is 0 Å². The average molecular weight is 315 g/mol. The Bertz CT molecular complexity index is 651. The number of benzene rings is 1. The minimum atomic E-state index is -0.141. The van der Waals surface area contributed by atoms with E-state index in [9.17, 15) is 9.59 Å². The lowest BCUT2D eigenvalue weighted by Crippen LogP contribution is -2.29. The predicted octanol–water partition coefficient (Wildman–Crippen LogP) is 2.60. The van der Waals surface area contributed by atoms with E-state index in [1.807, 2.05) is 32.0 Å². The zero-order valence-corrected chi connectivity index (χ0v) is 13.3. The van der Waals surface area contributed by atoms with Crippen LogP contribution in [0.4, 0.5) is 11.4 Å². The van der Waals surface area contributed by atoms with Crippen molar-refractivity contribution in [2.75, 3.05) is 17.2 Å². The highest BCUT2D eigenvalue weighted by molar-refractivity contribution is 5.92. The van der Waals surface area contributed by atoms with Crippen LogP contribution in [0.5, 0.6) is 0 Å². The smallest absolute Gasteiger partial charge is 0.239 e. The van der Waals surface area contributed by atoms with Crippen LogP contribution in [-0.4, -0.2) is 18.4 Å². The fourth-order valence-electron chi connectivity index (χ4n) is 1.84. The summed E-state index contributed by atoms with van der Waals surface area (Å²) in [6.07, 6.45) is 1.57. The van der Waals surface area contributed by atoms with Crippen LogP contribution in [-0.2, 0) is 16.1 Å². The van der Waals surface area contributed by atoms with Gasteiger partial charge in [-0.05, 0) is 30.3 Å². The number of furan rings is 1. The Labute approximate surface area is 135 Å². The molecule has 2 rings (SSSR count). The molecule has 0 aliphatic carbocycles. The van der Waals surface area contributed by atoms with Gasteiger partial charge >= 0.3 is 0 Å². The van der Waals surface area contributed by atoms with E-state index >= 15 is 0 Å². The van der Waals surface area contributed by atoms with Crippen molar-refractivity contribution in [3.05, 3.63) is 48.4 Å². The Kier molecular flexibility index (Phi) is 5.80. The third-order valence-electron chi connectivity index (χ3n) is 3.15. The molecule has 2 amide bonds. The number of amides is 2. The van der Waals surface area contributed by atoms with Crippen LogP contribution in [0.1, 0.15) is 19.6 Å². The summed E-state index contributed by atoms with van der Waals surface area (Å²) >= 11 is 0. The van der Waals surface area contributed by atoms with Crippen molar-refractivity contribution in [3.8, 4) is 0 Å². The number of carbonyl (C=O) groups excluding carboxylic acids is 2. The van der Waals surface area contributed by atoms with E-state index in [0.29, 0.717) is 18.0 Å². The molecule has 23 heavy (non-hydrogen) atoms. The summed E-state index contributed by atoms with van der Waals surface area (Å²) in [5, 5.41) is 8.60. The molecule has 0 aliphatic heterocycles. The molecule has 0 bridgehead atoms. The van der Waals surface area contributed by atoms with Crippen LogP contribution >= 0.6 is 0 Å². The molecule has 2 aromatic rings. The molecule has 3 N–H and O–H groups in total. The van der Waals surface area contributed by atoms with Gasteiger partial charge in [0.25, 0.3) is 0 Å². The highest BCUT2D eigenvalue weighted by Crippen LogP contribution is 2.15. The van der Waals surface area contributed by atoms with Crippen molar-refractivity contribution in [3.63, 3.8) is 0 Å². The van der Waals surface area contributed by atoms with Crippen LogP contribution < -0.4 is 16.0 Å². The minimum Gasteiger partial charge on any atom is -0.467 e. The first-order valence-electron chi connectivity index (χ1n) is 7.48. The molecule has 0 spiro atoms. The molecular formula is C17H21N3O3. The van der Waals surface area contributed by atoms with Crippen molar-refractivity contribution in [2.45, 2.75) is 20.4 Å². The Morgan fingerprint density at radius 3 is 2.61 bits per heavy atom. The van der Waals surface area contributed by atoms with Crippen molar-refractivity contribution in [2.24, 2.45) is 5.92 Å². The number of nitrogens with one attached hydrogen (secondary N) is 3. The normalized spacial score (nSPS) is 10.4. The molecule has 1 aromatic carbocycles. The molecular weight excluding hydrogens is 294 g/mol. The first kappa shape index (κ1) is 16.6. The lowest BCUT2D eigenvalue weighted by atomic mass is 10.2. The molecule has 1 heterocycles. The second-order valence-electron chi connectivity index (χ2n) is 5.43. The van der Waals surface area contributed by atoms with E-state index in [4.69, 9.17) is 4.42 Å². The van der Waals surface area contributed by atoms with Gasteiger partial charge in [-0.1, -0.05) is 19.9 Å². The van der Waals surface area contributed by atoms with E-state index in [1.54, 1.807) is 24.5 Å². The zero-order chi connectivity index (χ0) is 16.7. The van der Waals surface area contributed by atoms with Gasteiger partial charge < -0.3 is 20.4 Å². The van der Waals surface area contributed by atoms with E-state index in [0.717, 1.165) is 5.69 Å². The van der Waals surface area contributed by atoms with E-state index in [2.05, 4.69) is 16.0 Å². The molecule has 0 saturated carbocycles. The summed E-state index contributed by atoms with van der Waals surface area (Å²) in [6.45, 7) is 4.17. The Morgan fingerprint density at radius 1 is 1.13 bits per heavy atom. The van der Waals surface area contributed by atoms with Crippen molar-refractivity contribution < 1.29 is 14.0 Å². The van der Waals surface area contributed by atoms with E-state index in [-0.39, 0.29) is 24.3 Å². The number of rotatable bonds is 7. The molecule has 0 fully saturated rings. The first-order chi connectivity index (χ1) is 11.0. The van der Waals surface area contributed by atoms with Crippen LogP contribution in [0.3, 0.4) is 0 Å². The largest absolute Gasteiger partial charge is 0.467 e. The second-order valence-corrected chi connectivity index (χ2v) is 5.43. The first-order valence-corrected chi connectivity index (χ1v) is 7.48. The summed E-state index contributed by atoms with van der Waals surface area (Å²) in [4.78, 5) is 23.5. The van der Waals surface area contributed by atoms with Crippen LogP contribution in [0, 0.1) is 5.92 Å². The Morgan fingerprint density at radius 2 is 1.91 bits per heavy atom. The lowest BCUT2D eigenvalue weighted by Gasteiger charge is -2.11. The van der Waals surface area contributed by atoms with Gasteiger partial charge in [0, 0.05) is 17.3 Å². The summed E-state index contributed by atoms with van der Waals surface area (Å²) in [6, 6.07) is 10.8. The second kappa shape index (κ2) is 8.03. The average Bonchev–Trinajstić information content (AvgIpc) is 3.04. The Balaban J connectivity index is 1.80. The van der Waals surface area contributed by atoms with Gasteiger partial charge in [-0.2, -0.15) is 0 Å². The minimum absolute atomic E-state index is 0.0432. The molecule has 0 aliphatic rings. The Hall–Kier alpha value is -2.76. The molecule has 0 saturated heterocycles. The third-order valence-corrected chi connectivity index (χ3v) is 3.15. The fourth-order valence-corrected chi connectivity index (χ4v) is 1.84. The third kappa shape index (κ3) is 5.50. The van der Waals surface area contributed by atoms with Gasteiger partial charge in [0.1, 0.15) is 5.76 Å². The molecule has 1 aromatic heterocycles. The molecule has 122 valence electrons. The molecule has 0 unspecified atom stereocenters. The monoisotopic (exact) mass is 315 g/mol. The molecule has 0 radical (unpaired) electrons. The van der Waals surface area contributed by atoms with Gasteiger partial charge in [-0.3, -0.25) is 9.59 Å². The maximum atomic E-state index is 11.8. The maximum Gasteiger partial charge on any atom is 0.239 e. The molecule has 0 atom stereocenters. The quantitative estimate of drug-likeness (QED) is 0.733. The van der Waals surface area contributed by atoms with Crippen molar-refractivity contribution in [1.82, 2.24) is 5.32 Å². The number of carbonyl (C=O) groups is 2. The van der Waals surface area contributed by atoms with Crippen LogP contribution in [0.25, 0.3) is 0 Å². The maximum absolute atomic E-state index is 11.8.